The molecule has 1 fully saturated rings. The van der Waals surface area contributed by atoms with Crippen molar-refractivity contribution < 1.29 is 34.8 Å². The molecule has 4 nitrogen and oxygen atoms in total. The van der Waals surface area contributed by atoms with Crippen molar-refractivity contribution in [3.05, 3.63) is 23.2 Å². The Morgan fingerprint density at radius 3 is 3.08 bits per heavy atom. The second-order valence-corrected chi connectivity index (χ2v) is 5.57. The molecule has 3 atom stereocenters. The zero-order valence-electron chi connectivity index (χ0n) is 28.4. The summed E-state index contributed by atoms with van der Waals surface area (Å²) < 4.78 is 132. The van der Waals surface area contributed by atoms with Crippen LogP contribution < -0.4 is 9.47 Å². The minimum absolute atomic E-state index is 0.0176. The minimum atomic E-state index is -3.59. The number of piperidine rings is 1. The van der Waals surface area contributed by atoms with Crippen LogP contribution in [0.5, 0.6) is 11.5 Å². The highest BCUT2D eigenvalue weighted by atomic mass is 16.5. The van der Waals surface area contributed by atoms with Crippen LogP contribution in [0.2, 0.25) is 0 Å². The van der Waals surface area contributed by atoms with Crippen LogP contribution in [-0.2, 0) is 11.2 Å². The van der Waals surface area contributed by atoms with Crippen LogP contribution in [0.1, 0.15) is 70.7 Å². The molecular weight excluding hydrogens is 302 g/mol. The van der Waals surface area contributed by atoms with Crippen LogP contribution in [0.3, 0.4) is 0 Å². The van der Waals surface area contributed by atoms with Gasteiger partial charge in [0.2, 0.25) is 0 Å². The molecular formula is C20H29NO3. The summed E-state index contributed by atoms with van der Waals surface area (Å²) in [7, 11) is -1.86. The number of carbonyl (C=O) groups is 1. The number of benzene rings is 1. The Labute approximate surface area is 166 Å². The number of Topliss-reactive ketones (excluding diaryl/α,β-unsaturated/α-hetero) is 1. The Kier molecular flexibility index (Phi) is 1.97. The summed E-state index contributed by atoms with van der Waals surface area (Å²) in [6.45, 7) is -6.08. The van der Waals surface area contributed by atoms with E-state index in [-0.39, 0.29) is 24.1 Å². The van der Waals surface area contributed by atoms with Crippen molar-refractivity contribution in [3.8, 4) is 11.5 Å². The van der Waals surface area contributed by atoms with E-state index >= 15 is 0 Å². The van der Waals surface area contributed by atoms with E-state index < -0.39 is 86.8 Å². The Morgan fingerprint density at radius 2 is 2.38 bits per heavy atom. The molecule has 1 aromatic rings. The maximum Gasteiger partial charge on any atom is 0.161 e. The van der Waals surface area contributed by atoms with Crippen molar-refractivity contribution in [1.82, 2.24) is 4.90 Å². The van der Waals surface area contributed by atoms with Crippen LogP contribution in [0, 0.1) is 11.8 Å². The number of carbonyl (C=O) groups excluding carboxylic acids is 1. The van der Waals surface area contributed by atoms with Crippen LogP contribution in [0.4, 0.5) is 0 Å². The molecule has 1 aromatic carbocycles. The molecule has 0 radical (unpaired) electrons. The molecule has 0 spiro atoms. The molecule has 2 aliphatic heterocycles. The summed E-state index contributed by atoms with van der Waals surface area (Å²) >= 11 is 0. The molecule has 4 heteroatoms. The van der Waals surface area contributed by atoms with Gasteiger partial charge in [-0.15, -0.1) is 0 Å². The molecule has 3 unspecified atom stereocenters. The summed E-state index contributed by atoms with van der Waals surface area (Å²) in [4.78, 5) is 14.5. The van der Waals surface area contributed by atoms with Crippen LogP contribution >= 0.6 is 0 Å². The van der Waals surface area contributed by atoms with Gasteiger partial charge < -0.3 is 9.47 Å². The molecule has 2 heterocycles. The predicted octanol–water partition coefficient (Wildman–Crippen LogP) is 3.63. The normalized spacial score (nSPS) is 39.8. The minimum Gasteiger partial charge on any atom is -0.493 e. The van der Waals surface area contributed by atoms with Crippen molar-refractivity contribution in [1.29, 1.82) is 0 Å². The molecule has 3 rings (SSSR count). The maximum absolute atomic E-state index is 13.5. The first-order valence-electron chi connectivity index (χ1n) is 15.0. The third-order valence-electron chi connectivity index (χ3n) is 4.21. The highest BCUT2D eigenvalue weighted by molar-refractivity contribution is 5.83. The fraction of sp³-hybridized carbons (Fsp3) is 0.650. The van der Waals surface area contributed by atoms with E-state index in [1.165, 1.54) is 0 Å². The van der Waals surface area contributed by atoms with Gasteiger partial charge in [-0.25, -0.2) is 0 Å². The third-order valence-corrected chi connectivity index (χ3v) is 4.21. The number of fused-ring (bicyclic) bond motifs is 3. The molecule has 0 N–H and O–H groups in total. The Hall–Kier alpha value is -1.55. The lowest BCUT2D eigenvalue weighted by molar-refractivity contribution is -0.129. The van der Waals surface area contributed by atoms with Crippen LogP contribution in [0.25, 0.3) is 0 Å². The van der Waals surface area contributed by atoms with E-state index in [1.54, 1.807) is 0 Å². The molecule has 132 valence electrons. The first kappa shape index (κ1) is 6.64. The van der Waals surface area contributed by atoms with Crippen LogP contribution in [-0.4, -0.2) is 37.9 Å². The van der Waals surface area contributed by atoms with Gasteiger partial charge in [0.25, 0.3) is 0 Å². The monoisotopic (exact) mass is 346 g/mol. The average Bonchev–Trinajstić information content (AvgIpc) is 2.73. The van der Waals surface area contributed by atoms with E-state index in [4.69, 9.17) is 30.0 Å². The summed E-state index contributed by atoms with van der Waals surface area (Å²) in [5.41, 5.74) is 0.101. The smallest absolute Gasteiger partial charge is 0.161 e. The number of hydrogen-bond acceptors (Lipinski definition) is 4. The second-order valence-electron chi connectivity index (χ2n) is 5.57. The molecule has 0 amide bonds. The molecule has 1 saturated heterocycles. The zero-order valence-corrected chi connectivity index (χ0v) is 13.4. The fourth-order valence-electron chi connectivity index (χ4n) is 3.00. The molecule has 0 bridgehead atoms. The van der Waals surface area contributed by atoms with Crippen molar-refractivity contribution in [3.63, 3.8) is 0 Å². The third kappa shape index (κ3) is 3.16. The first-order chi connectivity index (χ1) is 17.4. The van der Waals surface area contributed by atoms with Gasteiger partial charge in [0.1, 0.15) is 5.78 Å². The number of hydrogen-bond donors (Lipinski definition) is 0. The fourth-order valence-corrected chi connectivity index (χ4v) is 3.00. The van der Waals surface area contributed by atoms with Gasteiger partial charge in [0, 0.05) is 45.1 Å². The predicted molar refractivity (Wildman–Crippen MR) is 94.8 cm³/mol. The topological polar surface area (TPSA) is 38.8 Å². The Bertz CT molecular complexity index is 1140. The van der Waals surface area contributed by atoms with Gasteiger partial charge in [-0.2, -0.15) is 0 Å². The SMILES string of the molecule is [2H]c1c2c(c([2H])c(OC)c1OC([2H])([2H])[2H])C1CC(=O)C(C([2H])([2H])C([2H])(C([2H])([2H])[2H])C([2H])([2H])C)C([2H])([2H])N1CC2. The largest absolute Gasteiger partial charge is 0.493 e. The average molecular weight is 347 g/mol. The number of rotatable bonds is 5. The van der Waals surface area contributed by atoms with E-state index in [0.717, 1.165) is 12.0 Å². The van der Waals surface area contributed by atoms with Crippen molar-refractivity contribution in [2.75, 3.05) is 27.2 Å². The highest BCUT2D eigenvalue weighted by Crippen LogP contribution is 2.42. The number of ketones is 1. The quantitative estimate of drug-likeness (QED) is 0.816. The summed E-state index contributed by atoms with van der Waals surface area (Å²) in [6, 6.07) is -2.11. The lowest BCUT2D eigenvalue weighted by Crippen LogP contribution is -2.46. The maximum atomic E-state index is 13.5. The Morgan fingerprint density at radius 1 is 1.54 bits per heavy atom. The van der Waals surface area contributed by atoms with Gasteiger partial charge in [0.05, 0.1) is 21.0 Å². The lowest BCUT2D eigenvalue weighted by Gasteiger charge is -2.43. The molecule has 2 aliphatic rings. The van der Waals surface area contributed by atoms with E-state index in [1.807, 2.05) is 0 Å². The highest BCUT2D eigenvalue weighted by Gasteiger charge is 2.38. The van der Waals surface area contributed by atoms with Gasteiger partial charge >= 0.3 is 0 Å². The molecule has 0 saturated carbocycles. The summed E-state index contributed by atoms with van der Waals surface area (Å²) in [6.07, 6.45) is -7.33. The van der Waals surface area contributed by atoms with Crippen molar-refractivity contribution in [2.24, 2.45) is 11.8 Å². The van der Waals surface area contributed by atoms with Gasteiger partial charge in [0.15, 0.2) is 11.5 Å². The first-order valence-corrected chi connectivity index (χ1v) is 7.54. The van der Waals surface area contributed by atoms with Gasteiger partial charge in [-0.1, -0.05) is 20.1 Å². The second kappa shape index (κ2) is 7.14. The number of methoxy groups -OCH3 is 2. The zero-order chi connectivity index (χ0) is 30.3. The van der Waals surface area contributed by atoms with E-state index in [9.17, 15) is 4.79 Å². The van der Waals surface area contributed by atoms with E-state index in [0.29, 0.717) is 6.92 Å². The van der Waals surface area contributed by atoms with Crippen molar-refractivity contribution in [2.45, 2.75) is 45.4 Å². The van der Waals surface area contributed by atoms with Gasteiger partial charge in [-0.05, 0) is 41.9 Å². The van der Waals surface area contributed by atoms with Gasteiger partial charge in [-0.3, -0.25) is 9.69 Å². The summed E-state index contributed by atoms with van der Waals surface area (Å²) in [5.74, 6) is -8.00. The lowest BCUT2D eigenvalue weighted by atomic mass is 9.79. The molecule has 0 aromatic heterocycles. The molecule has 0 aliphatic carbocycles. The number of ether oxygens (including phenoxy) is 2. The van der Waals surface area contributed by atoms with E-state index in [2.05, 4.69) is 0 Å². The summed E-state index contributed by atoms with van der Waals surface area (Å²) in [5, 5.41) is 0. The Balaban J connectivity index is 2.20. The standard InChI is InChI=1S/C20H29NO3/c1-5-13(2)8-15-12-21-7-6-14-9-19(23-3)20(24-4)10-16(14)17(21)11-18(15)22/h9-10,13,15,17H,5-8,11-12H2,1-4H3/i2D3,3D3,5D2,8D2,9D,10D,12D2,13D. The number of nitrogens with zero attached hydrogens (tertiary/aromatic N) is 1. The van der Waals surface area contributed by atoms with Crippen LogP contribution in [0.15, 0.2) is 12.1 Å². The molecule has 24 heavy (non-hydrogen) atoms. The van der Waals surface area contributed by atoms with Crippen molar-refractivity contribution >= 4 is 5.78 Å².